The number of nitrogens with two attached hydrogens (primary N) is 1. The van der Waals surface area contributed by atoms with E-state index >= 15 is 0 Å². The maximum Gasteiger partial charge on any atom is 0.285 e. The summed E-state index contributed by atoms with van der Waals surface area (Å²) in [6.07, 6.45) is 0. The molecule has 0 bridgehead atoms. The molecule has 0 saturated heterocycles. The highest BCUT2D eigenvalue weighted by molar-refractivity contribution is 5.97. The fraction of sp³-hybridized carbons (Fsp3) is 0.0769. The van der Waals surface area contributed by atoms with Crippen LogP contribution in [0.15, 0.2) is 29.4 Å². The number of nitroso groups, excluding NO2 is 1. The largest absolute Gasteiger partial charge is 0.506 e. The second-order valence-corrected chi connectivity index (χ2v) is 3.88. The molecule has 0 radical (unpaired) electrons. The van der Waals surface area contributed by atoms with Crippen LogP contribution < -0.4 is 5.73 Å². The first-order valence-corrected chi connectivity index (χ1v) is 5.55. The molecule has 0 fully saturated rings. The van der Waals surface area contributed by atoms with Crippen LogP contribution in [0.5, 0.6) is 5.75 Å². The minimum absolute atomic E-state index is 0.0496. The van der Waals surface area contributed by atoms with E-state index in [1.54, 1.807) is 0 Å². The molecule has 0 aromatic heterocycles. The predicted molar refractivity (Wildman–Crippen MR) is 73.7 cm³/mol. The number of benzene rings is 2. The molecule has 3 N–H and O–H groups in total. The van der Waals surface area contributed by atoms with Gasteiger partial charge in [-0.2, -0.15) is 0 Å². The van der Waals surface area contributed by atoms with Gasteiger partial charge in [-0.15, -0.1) is 4.91 Å². The second kappa shape index (κ2) is 5.34. The van der Waals surface area contributed by atoms with Gasteiger partial charge in [-0.3, -0.25) is 10.1 Å². The minimum Gasteiger partial charge on any atom is -0.506 e. The molecule has 2 aromatic rings. The quantitative estimate of drug-likeness (QED) is 0.375. The van der Waals surface area contributed by atoms with E-state index in [1.165, 1.54) is 24.3 Å². The summed E-state index contributed by atoms with van der Waals surface area (Å²) in [5, 5.41) is 24.1. The van der Waals surface area contributed by atoms with Crippen molar-refractivity contribution in [3.05, 3.63) is 44.9 Å². The molecular weight excluding hydrogens is 262 g/mol. The van der Waals surface area contributed by atoms with Crippen molar-refractivity contribution < 1.29 is 10.0 Å². The molecule has 2 aromatic carbocycles. The molecule has 0 aliphatic carbocycles. The third-order valence-electron chi connectivity index (χ3n) is 2.70. The maximum absolute atomic E-state index is 11.0. The van der Waals surface area contributed by atoms with Crippen LogP contribution >= 0.6 is 0 Å². The van der Waals surface area contributed by atoms with E-state index < -0.39 is 4.92 Å². The number of phenolic OH excluding ortho intramolecular Hbond substituents is 1. The number of nitro groups is 1. The fourth-order valence-electron chi connectivity index (χ4n) is 1.83. The van der Waals surface area contributed by atoms with Crippen molar-refractivity contribution in [2.75, 3.05) is 6.54 Å². The van der Waals surface area contributed by atoms with Gasteiger partial charge in [0.1, 0.15) is 11.3 Å². The van der Waals surface area contributed by atoms with Crippen molar-refractivity contribution in [3.63, 3.8) is 0 Å². The van der Waals surface area contributed by atoms with Gasteiger partial charge in [0, 0.05) is 11.5 Å². The molecule has 0 aliphatic rings. The van der Waals surface area contributed by atoms with Crippen LogP contribution in [-0.2, 0) is 0 Å². The van der Waals surface area contributed by atoms with Crippen LogP contribution in [0.1, 0.15) is 5.56 Å². The number of hydrogen-bond acceptors (Lipinski definition) is 6. The number of hydrogen-bond donors (Lipinski definition) is 2. The highest BCUT2D eigenvalue weighted by Gasteiger charge is 2.17. The summed E-state index contributed by atoms with van der Waals surface area (Å²) in [5.74, 6) is 4.80. The van der Waals surface area contributed by atoms with Crippen LogP contribution in [-0.4, -0.2) is 16.6 Å². The number of nitro benzene ring substituents is 1. The average Bonchev–Trinajstić information content (AvgIpc) is 2.44. The third kappa shape index (κ3) is 2.28. The van der Waals surface area contributed by atoms with Crippen LogP contribution in [0.2, 0.25) is 0 Å². The minimum atomic E-state index is -0.569. The van der Waals surface area contributed by atoms with Crippen molar-refractivity contribution in [2.24, 2.45) is 10.9 Å². The molecule has 7 heteroatoms. The highest BCUT2D eigenvalue weighted by Crippen LogP contribution is 2.37. The SMILES string of the molecule is NCC#Cc1cc2c(N=O)c(O)ccc2cc1[N+](=O)[O-]. The molecule has 0 amide bonds. The molecule has 0 atom stereocenters. The lowest BCUT2D eigenvalue weighted by molar-refractivity contribution is -0.385. The van der Waals surface area contributed by atoms with Crippen LogP contribution in [0.25, 0.3) is 10.8 Å². The fourth-order valence-corrected chi connectivity index (χ4v) is 1.83. The molecule has 0 aliphatic heterocycles. The second-order valence-electron chi connectivity index (χ2n) is 3.88. The van der Waals surface area contributed by atoms with Gasteiger partial charge in [-0.25, -0.2) is 0 Å². The molecular formula is C13H9N3O4. The van der Waals surface area contributed by atoms with Gasteiger partial charge >= 0.3 is 0 Å². The summed E-state index contributed by atoms with van der Waals surface area (Å²) < 4.78 is 0. The Bertz CT molecular complexity index is 775. The van der Waals surface area contributed by atoms with Crippen LogP contribution in [0.3, 0.4) is 0 Å². The van der Waals surface area contributed by atoms with Gasteiger partial charge < -0.3 is 10.8 Å². The Morgan fingerprint density at radius 3 is 2.75 bits per heavy atom. The van der Waals surface area contributed by atoms with E-state index in [4.69, 9.17) is 5.73 Å². The summed E-state index contributed by atoms with van der Waals surface area (Å²) in [5.41, 5.74) is 4.99. The highest BCUT2D eigenvalue weighted by atomic mass is 16.6. The first-order valence-electron chi connectivity index (χ1n) is 5.55. The first kappa shape index (κ1) is 13.5. The summed E-state index contributed by atoms with van der Waals surface area (Å²) in [6.45, 7) is 0.0496. The number of phenols is 1. The zero-order chi connectivity index (χ0) is 14.7. The number of aromatic hydroxyl groups is 1. The summed E-state index contributed by atoms with van der Waals surface area (Å²) in [7, 11) is 0. The van der Waals surface area contributed by atoms with Crippen molar-refractivity contribution in [1.29, 1.82) is 0 Å². The smallest absolute Gasteiger partial charge is 0.285 e. The lowest BCUT2D eigenvalue weighted by Crippen LogP contribution is -1.95. The van der Waals surface area contributed by atoms with E-state index in [1.807, 2.05) is 0 Å². The number of rotatable bonds is 2. The molecule has 7 nitrogen and oxygen atoms in total. The molecule has 2 rings (SSSR count). The van der Waals surface area contributed by atoms with E-state index in [-0.39, 0.29) is 29.2 Å². The van der Waals surface area contributed by atoms with Crippen molar-refractivity contribution in [3.8, 4) is 17.6 Å². The third-order valence-corrected chi connectivity index (χ3v) is 2.70. The Hall–Kier alpha value is -2.98. The Morgan fingerprint density at radius 2 is 2.15 bits per heavy atom. The first-order chi connectivity index (χ1) is 9.58. The van der Waals surface area contributed by atoms with Gasteiger partial charge in [0.25, 0.3) is 5.69 Å². The Morgan fingerprint density at radius 1 is 1.40 bits per heavy atom. The zero-order valence-electron chi connectivity index (χ0n) is 10.2. The van der Waals surface area contributed by atoms with Crippen molar-refractivity contribution in [1.82, 2.24) is 0 Å². The molecule has 0 unspecified atom stereocenters. The number of nitrogens with zero attached hydrogens (tertiary/aromatic N) is 2. The molecule has 100 valence electrons. The van der Waals surface area contributed by atoms with Gasteiger partial charge in [0.15, 0.2) is 5.69 Å². The van der Waals surface area contributed by atoms with E-state index in [0.717, 1.165) is 0 Å². The number of fused-ring (bicyclic) bond motifs is 1. The monoisotopic (exact) mass is 271 g/mol. The molecule has 20 heavy (non-hydrogen) atoms. The summed E-state index contributed by atoms with van der Waals surface area (Å²) >= 11 is 0. The topological polar surface area (TPSA) is 119 Å². The van der Waals surface area contributed by atoms with E-state index in [0.29, 0.717) is 10.8 Å². The Balaban J connectivity index is 2.85. The Kier molecular flexibility index (Phi) is 3.59. The standard InChI is InChI=1S/C13H9N3O4/c14-5-1-2-9-6-10-8(7-11(9)16(19)20)3-4-12(17)13(10)15-18/h3-4,6-7,17H,5,14H2. The normalized spacial score (nSPS) is 9.85. The van der Waals surface area contributed by atoms with Crippen molar-refractivity contribution in [2.45, 2.75) is 0 Å². The van der Waals surface area contributed by atoms with Gasteiger partial charge in [-0.05, 0) is 22.7 Å². The Labute approximate surface area is 113 Å². The van der Waals surface area contributed by atoms with Crippen LogP contribution in [0.4, 0.5) is 11.4 Å². The zero-order valence-corrected chi connectivity index (χ0v) is 10.2. The average molecular weight is 271 g/mol. The molecule has 0 spiro atoms. The van der Waals surface area contributed by atoms with E-state index in [2.05, 4.69) is 17.0 Å². The van der Waals surface area contributed by atoms with Gasteiger partial charge in [0.05, 0.1) is 11.5 Å². The predicted octanol–water partition coefficient (Wildman–Crippen LogP) is 2.16. The summed E-state index contributed by atoms with van der Waals surface area (Å²) in [6, 6.07) is 5.36. The van der Waals surface area contributed by atoms with Crippen LogP contribution in [0, 0.1) is 26.9 Å². The van der Waals surface area contributed by atoms with Gasteiger partial charge in [-0.1, -0.05) is 17.9 Å². The summed E-state index contributed by atoms with van der Waals surface area (Å²) in [4.78, 5) is 21.2. The maximum atomic E-state index is 11.0. The lowest BCUT2D eigenvalue weighted by Gasteiger charge is -2.04. The molecule has 0 heterocycles. The van der Waals surface area contributed by atoms with Gasteiger partial charge in [0.2, 0.25) is 0 Å². The lowest BCUT2D eigenvalue weighted by atomic mass is 10.0. The van der Waals surface area contributed by atoms with E-state index in [9.17, 15) is 20.1 Å². The molecule has 0 saturated carbocycles. The van der Waals surface area contributed by atoms with Crippen molar-refractivity contribution >= 4 is 22.1 Å².